The summed E-state index contributed by atoms with van der Waals surface area (Å²) in [6.07, 6.45) is 0.128. The minimum absolute atomic E-state index is 0.344. The third-order valence-electron chi connectivity index (χ3n) is 3.15. The van der Waals surface area contributed by atoms with Crippen molar-refractivity contribution in [3.63, 3.8) is 0 Å². The van der Waals surface area contributed by atoms with Gasteiger partial charge in [-0.1, -0.05) is 15.9 Å². The Hall–Kier alpha value is -1.07. The van der Waals surface area contributed by atoms with Crippen molar-refractivity contribution in [2.75, 3.05) is 11.9 Å². The van der Waals surface area contributed by atoms with Crippen LogP contribution in [0.25, 0.3) is 0 Å². The highest BCUT2D eigenvalue weighted by atomic mass is 79.9. The summed E-state index contributed by atoms with van der Waals surface area (Å²) in [4.78, 5) is 11.5. The summed E-state index contributed by atoms with van der Waals surface area (Å²) in [5.74, 6) is -0.870. The minimum Gasteiger partial charge on any atom is -0.479 e. The van der Waals surface area contributed by atoms with Crippen LogP contribution in [0.3, 0.4) is 0 Å². The number of hydrogen-bond donors (Lipinski definition) is 2. The first-order valence-electron chi connectivity index (χ1n) is 5.43. The maximum atomic E-state index is 11.5. The predicted octanol–water partition coefficient (Wildman–Crippen LogP) is 2.49. The first-order valence-corrected chi connectivity index (χ1v) is 6.23. The lowest BCUT2D eigenvalue weighted by molar-refractivity contribution is -0.143. The van der Waals surface area contributed by atoms with Gasteiger partial charge in [0.15, 0.2) is 5.54 Å². The molecule has 4 nitrogen and oxygen atoms in total. The second kappa shape index (κ2) is 4.66. The third-order valence-corrected chi connectivity index (χ3v) is 3.68. The SMILES string of the molecule is CC1OCCC1(Nc1ccc(Br)cc1)C(=O)O. The highest BCUT2D eigenvalue weighted by molar-refractivity contribution is 9.10. The quantitative estimate of drug-likeness (QED) is 0.900. The van der Waals surface area contributed by atoms with Crippen LogP contribution in [-0.4, -0.2) is 29.3 Å². The number of halogens is 1. The standard InChI is InChI=1S/C12H14BrNO3/c1-8-12(11(15)16,6-7-17-8)14-10-4-2-9(13)3-5-10/h2-5,8,14H,6-7H2,1H3,(H,15,16). The Balaban J connectivity index is 2.24. The summed E-state index contributed by atoms with van der Waals surface area (Å²) in [5, 5.41) is 12.5. The summed E-state index contributed by atoms with van der Waals surface area (Å²) < 4.78 is 6.33. The van der Waals surface area contributed by atoms with Crippen molar-refractivity contribution in [2.45, 2.75) is 25.0 Å². The number of hydrogen-bond acceptors (Lipinski definition) is 3. The second-order valence-electron chi connectivity index (χ2n) is 4.17. The smallest absolute Gasteiger partial charge is 0.332 e. The average molecular weight is 300 g/mol. The lowest BCUT2D eigenvalue weighted by Gasteiger charge is -2.29. The Kier molecular flexibility index (Phi) is 3.40. The maximum absolute atomic E-state index is 11.5. The third kappa shape index (κ3) is 2.30. The van der Waals surface area contributed by atoms with Gasteiger partial charge in [0.25, 0.3) is 0 Å². The van der Waals surface area contributed by atoms with Crippen LogP contribution in [-0.2, 0) is 9.53 Å². The number of aliphatic carboxylic acids is 1. The molecule has 1 saturated heterocycles. The van der Waals surface area contributed by atoms with E-state index >= 15 is 0 Å². The van der Waals surface area contributed by atoms with E-state index < -0.39 is 11.5 Å². The highest BCUT2D eigenvalue weighted by Gasteiger charge is 2.48. The first-order chi connectivity index (χ1) is 8.04. The summed E-state index contributed by atoms with van der Waals surface area (Å²) in [5.41, 5.74) is -0.235. The lowest BCUT2D eigenvalue weighted by Crippen LogP contribution is -2.51. The molecule has 1 aromatic rings. The zero-order chi connectivity index (χ0) is 12.5. The molecular formula is C12H14BrNO3. The molecule has 17 heavy (non-hydrogen) atoms. The molecule has 2 N–H and O–H groups in total. The van der Waals surface area contributed by atoms with Gasteiger partial charge in [0.05, 0.1) is 6.10 Å². The molecule has 0 aromatic heterocycles. The van der Waals surface area contributed by atoms with Crippen molar-refractivity contribution < 1.29 is 14.6 Å². The number of benzene rings is 1. The fourth-order valence-electron chi connectivity index (χ4n) is 2.03. The Morgan fingerprint density at radius 3 is 2.65 bits per heavy atom. The topological polar surface area (TPSA) is 58.6 Å². The molecule has 2 unspecified atom stereocenters. The van der Waals surface area contributed by atoms with E-state index in [1.165, 1.54) is 0 Å². The van der Waals surface area contributed by atoms with Crippen LogP contribution in [0.5, 0.6) is 0 Å². The number of carbonyl (C=O) groups is 1. The van der Waals surface area contributed by atoms with Crippen LogP contribution in [0.4, 0.5) is 5.69 Å². The average Bonchev–Trinajstić information content (AvgIpc) is 2.65. The Morgan fingerprint density at radius 2 is 2.18 bits per heavy atom. The van der Waals surface area contributed by atoms with Gasteiger partial charge in [-0.25, -0.2) is 4.79 Å². The fraction of sp³-hybridized carbons (Fsp3) is 0.417. The number of carboxylic acid groups (broad SMARTS) is 1. The van der Waals surface area contributed by atoms with Crippen molar-refractivity contribution in [1.82, 2.24) is 0 Å². The largest absolute Gasteiger partial charge is 0.479 e. The van der Waals surface area contributed by atoms with E-state index in [9.17, 15) is 9.90 Å². The van der Waals surface area contributed by atoms with Crippen LogP contribution in [0.15, 0.2) is 28.7 Å². The van der Waals surface area contributed by atoms with Gasteiger partial charge in [-0.3, -0.25) is 0 Å². The zero-order valence-electron chi connectivity index (χ0n) is 9.44. The van der Waals surface area contributed by atoms with E-state index in [1.54, 1.807) is 6.92 Å². The molecule has 0 bridgehead atoms. The van der Waals surface area contributed by atoms with Crippen molar-refractivity contribution >= 4 is 27.6 Å². The van der Waals surface area contributed by atoms with Crippen LogP contribution in [0.2, 0.25) is 0 Å². The molecule has 2 atom stereocenters. The molecule has 1 aliphatic rings. The number of ether oxygens (including phenoxy) is 1. The number of rotatable bonds is 3. The van der Waals surface area contributed by atoms with Gasteiger partial charge in [0.2, 0.25) is 0 Å². The van der Waals surface area contributed by atoms with Crippen molar-refractivity contribution in [1.29, 1.82) is 0 Å². The van der Waals surface area contributed by atoms with E-state index in [2.05, 4.69) is 21.2 Å². The van der Waals surface area contributed by atoms with E-state index in [-0.39, 0.29) is 6.10 Å². The monoisotopic (exact) mass is 299 g/mol. The molecule has 0 saturated carbocycles. The van der Waals surface area contributed by atoms with Gasteiger partial charge < -0.3 is 15.2 Å². The lowest BCUT2D eigenvalue weighted by atomic mass is 9.91. The van der Waals surface area contributed by atoms with Crippen molar-refractivity contribution in [2.24, 2.45) is 0 Å². The molecule has 1 fully saturated rings. The van der Waals surface area contributed by atoms with E-state index in [1.807, 2.05) is 24.3 Å². The van der Waals surface area contributed by atoms with Gasteiger partial charge in [-0.2, -0.15) is 0 Å². The van der Waals surface area contributed by atoms with E-state index in [0.29, 0.717) is 13.0 Å². The van der Waals surface area contributed by atoms with Crippen LogP contribution < -0.4 is 5.32 Å². The summed E-state index contributed by atoms with van der Waals surface area (Å²) >= 11 is 3.34. The van der Waals surface area contributed by atoms with Crippen molar-refractivity contribution in [3.8, 4) is 0 Å². The van der Waals surface area contributed by atoms with Gasteiger partial charge in [-0.05, 0) is 31.2 Å². The molecule has 5 heteroatoms. The number of anilines is 1. The highest BCUT2D eigenvalue weighted by Crippen LogP contribution is 2.30. The summed E-state index contributed by atoms with van der Waals surface area (Å²) in [6, 6.07) is 7.44. The predicted molar refractivity (Wildman–Crippen MR) is 68.2 cm³/mol. The molecule has 92 valence electrons. The molecule has 2 rings (SSSR count). The fourth-order valence-corrected chi connectivity index (χ4v) is 2.30. The minimum atomic E-state index is -1.02. The van der Waals surface area contributed by atoms with Gasteiger partial charge >= 0.3 is 5.97 Å². The van der Waals surface area contributed by atoms with Gasteiger partial charge in [0, 0.05) is 23.2 Å². The summed E-state index contributed by atoms with van der Waals surface area (Å²) in [7, 11) is 0. The van der Waals surface area contributed by atoms with E-state index in [0.717, 1.165) is 10.2 Å². The molecule has 0 amide bonds. The molecule has 1 aromatic carbocycles. The van der Waals surface area contributed by atoms with Gasteiger partial charge in [-0.15, -0.1) is 0 Å². The number of carboxylic acids is 1. The Morgan fingerprint density at radius 1 is 1.53 bits per heavy atom. The molecular weight excluding hydrogens is 286 g/mol. The molecule has 0 aliphatic carbocycles. The second-order valence-corrected chi connectivity index (χ2v) is 5.09. The molecule has 1 aliphatic heterocycles. The maximum Gasteiger partial charge on any atom is 0.332 e. The molecule has 0 spiro atoms. The Bertz CT molecular complexity index is 420. The van der Waals surface area contributed by atoms with Crippen LogP contribution >= 0.6 is 15.9 Å². The Labute approximate surface area is 108 Å². The van der Waals surface area contributed by atoms with Crippen molar-refractivity contribution in [3.05, 3.63) is 28.7 Å². The van der Waals surface area contributed by atoms with Crippen LogP contribution in [0.1, 0.15) is 13.3 Å². The zero-order valence-corrected chi connectivity index (χ0v) is 11.0. The van der Waals surface area contributed by atoms with Crippen LogP contribution in [0, 0.1) is 0 Å². The number of nitrogens with one attached hydrogen (secondary N) is 1. The first kappa shape index (κ1) is 12.4. The normalized spacial score (nSPS) is 28.0. The van der Waals surface area contributed by atoms with Gasteiger partial charge in [0.1, 0.15) is 0 Å². The van der Waals surface area contributed by atoms with E-state index in [4.69, 9.17) is 4.74 Å². The molecule has 1 heterocycles. The molecule has 0 radical (unpaired) electrons. The summed E-state index contributed by atoms with van der Waals surface area (Å²) in [6.45, 7) is 2.25.